The molecule has 4 nitrogen and oxygen atoms in total. The van der Waals surface area contributed by atoms with Gasteiger partial charge in [-0.25, -0.2) is 8.42 Å². The minimum atomic E-state index is -3.27. The predicted molar refractivity (Wildman–Crippen MR) is 115 cm³/mol. The summed E-state index contributed by atoms with van der Waals surface area (Å²) in [6.07, 6.45) is 4.49. The van der Waals surface area contributed by atoms with E-state index in [4.69, 9.17) is 4.43 Å². The van der Waals surface area contributed by atoms with Crippen molar-refractivity contribution in [3.05, 3.63) is 65.2 Å². The Hall–Kier alpha value is -2.18. The monoisotopic (exact) mass is 414 g/mol. The molecule has 148 valence electrons. The van der Waals surface area contributed by atoms with Crippen LogP contribution >= 0.6 is 0 Å². The molecule has 0 bridgehead atoms. The first-order valence-electron chi connectivity index (χ1n) is 9.51. The number of hydrogen-bond acceptors (Lipinski definition) is 4. The van der Waals surface area contributed by atoms with Crippen LogP contribution < -0.4 is 0 Å². The van der Waals surface area contributed by atoms with Gasteiger partial charge < -0.3 is 4.43 Å². The maximum absolute atomic E-state index is 13.1. The molecule has 0 amide bonds. The van der Waals surface area contributed by atoms with Crippen LogP contribution in [-0.4, -0.2) is 28.4 Å². The Morgan fingerprint density at radius 1 is 0.929 bits per heavy atom. The number of unbranched alkanes of at least 4 members (excludes halogenated alkanes) is 1. The fourth-order valence-electron chi connectivity index (χ4n) is 3.29. The first-order valence-corrected chi connectivity index (χ1v) is 14.3. The van der Waals surface area contributed by atoms with Crippen molar-refractivity contribution >= 4 is 34.9 Å². The van der Waals surface area contributed by atoms with Crippen LogP contribution in [0.2, 0.25) is 13.1 Å². The highest BCUT2D eigenvalue weighted by atomic mass is 32.2. The second kappa shape index (κ2) is 7.68. The molecule has 0 aromatic heterocycles. The van der Waals surface area contributed by atoms with E-state index in [0.29, 0.717) is 11.3 Å². The fourth-order valence-corrected chi connectivity index (χ4v) is 5.61. The lowest BCUT2D eigenvalue weighted by Gasteiger charge is -2.15. The zero-order chi connectivity index (χ0) is 20.5. The van der Waals surface area contributed by atoms with E-state index in [0.717, 1.165) is 30.4 Å². The lowest BCUT2D eigenvalue weighted by atomic mass is 9.99. The molecule has 28 heavy (non-hydrogen) atoms. The molecule has 3 rings (SSSR count). The van der Waals surface area contributed by atoms with E-state index in [1.165, 1.54) is 11.8 Å². The van der Waals surface area contributed by atoms with Gasteiger partial charge in [-0.2, -0.15) is 0 Å². The molecular formula is C22H26O4SSi. The van der Waals surface area contributed by atoms with Crippen LogP contribution in [0.15, 0.2) is 53.4 Å². The van der Waals surface area contributed by atoms with Crippen molar-refractivity contribution in [3.63, 3.8) is 0 Å². The van der Waals surface area contributed by atoms with Gasteiger partial charge in [-0.15, -0.1) is 0 Å². The molecule has 6 heteroatoms. The summed E-state index contributed by atoms with van der Waals surface area (Å²) >= 11 is 0. The van der Waals surface area contributed by atoms with Crippen molar-refractivity contribution in [1.29, 1.82) is 0 Å². The zero-order valence-electron chi connectivity index (χ0n) is 16.8. The molecule has 1 aliphatic heterocycles. The van der Waals surface area contributed by atoms with Gasteiger partial charge in [-0.05, 0) is 61.3 Å². The summed E-state index contributed by atoms with van der Waals surface area (Å²) in [6.45, 7) is 5.95. The van der Waals surface area contributed by atoms with Gasteiger partial charge in [-0.1, -0.05) is 37.6 Å². The Morgan fingerprint density at radius 3 is 2.04 bits per heavy atom. The number of sulfone groups is 1. The molecular weight excluding hydrogens is 388 g/mol. The topological polar surface area (TPSA) is 60.4 Å². The molecule has 0 aliphatic carbocycles. The van der Waals surface area contributed by atoms with Crippen LogP contribution in [0, 0.1) is 0 Å². The minimum absolute atomic E-state index is 0.0657. The average Bonchev–Trinajstić information content (AvgIpc) is 2.89. The van der Waals surface area contributed by atoms with Gasteiger partial charge in [0.05, 0.1) is 10.5 Å². The Bertz CT molecular complexity index is 1020. The summed E-state index contributed by atoms with van der Waals surface area (Å²) in [5.74, 6) is 0.558. The van der Waals surface area contributed by atoms with Gasteiger partial charge >= 0.3 is 8.32 Å². The molecule has 2 aromatic carbocycles. The number of carbonyl (C=O) groups excluding carboxylic acids is 1. The normalized spacial score (nSPS) is 16.4. The lowest BCUT2D eigenvalue weighted by Crippen LogP contribution is -2.35. The van der Waals surface area contributed by atoms with E-state index in [1.54, 1.807) is 24.3 Å². The Kier molecular flexibility index (Phi) is 5.64. The third-order valence-electron chi connectivity index (χ3n) is 4.96. The average molecular weight is 415 g/mol. The van der Waals surface area contributed by atoms with Gasteiger partial charge in [0.15, 0.2) is 15.2 Å². The highest BCUT2D eigenvalue weighted by Gasteiger charge is 2.45. The number of rotatable bonds is 6. The highest BCUT2D eigenvalue weighted by molar-refractivity contribution is 7.90. The standard InChI is InChI=1S/C22H26O4SSi/c1-5-6-7-16-8-10-17(11-9-16)20-21(26-28(3,4)22(20)23)18-12-14-19(15-13-18)27(2,24)25/h8-15H,5-7H2,1-4H3. The smallest absolute Gasteiger partial charge is 0.320 e. The number of aryl methyl sites for hydroxylation is 1. The van der Waals surface area contributed by atoms with E-state index in [-0.39, 0.29) is 10.3 Å². The molecule has 0 radical (unpaired) electrons. The van der Waals surface area contributed by atoms with Gasteiger partial charge in [0.1, 0.15) is 5.76 Å². The van der Waals surface area contributed by atoms with E-state index in [1.807, 2.05) is 25.2 Å². The SMILES string of the molecule is CCCCc1ccc(C2=C(c3ccc(S(C)(=O)=O)cc3)O[Si](C)(C)C2=O)cc1. The van der Waals surface area contributed by atoms with Crippen molar-refractivity contribution in [2.75, 3.05) is 6.26 Å². The van der Waals surface area contributed by atoms with Crippen molar-refractivity contribution in [2.24, 2.45) is 0 Å². The van der Waals surface area contributed by atoms with Gasteiger partial charge in [-0.3, -0.25) is 4.79 Å². The largest absolute Gasteiger partial charge is 0.535 e. The molecule has 0 N–H and O–H groups in total. The van der Waals surface area contributed by atoms with E-state index in [9.17, 15) is 13.2 Å². The number of hydrogen-bond donors (Lipinski definition) is 0. The number of carbonyl (C=O) groups is 1. The third-order valence-corrected chi connectivity index (χ3v) is 8.15. The summed E-state index contributed by atoms with van der Waals surface area (Å²) in [7, 11) is -5.82. The second-order valence-corrected chi connectivity index (χ2v) is 13.4. The van der Waals surface area contributed by atoms with Crippen LogP contribution in [0.25, 0.3) is 11.3 Å². The highest BCUT2D eigenvalue weighted by Crippen LogP contribution is 2.39. The van der Waals surface area contributed by atoms with E-state index >= 15 is 0 Å². The van der Waals surface area contributed by atoms with E-state index in [2.05, 4.69) is 19.1 Å². The lowest BCUT2D eigenvalue weighted by molar-refractivity contribution is -0.108. The maximum atomic E-state index is 13.1. The molecule has 0 atom stereocenters. The molecule has 0 saturated carbocycles. The van der Waals surface area contributed by atoms with Crippen molar-refractivity contribution in [2.45, 2.75) is 44.2 Å². The van der Waals surface area contributed by atoms with Crippen molar-refractivity contribution in [3.8, 4) is 0 Å². The van der Waals surface area contributed by atoms with Gasteiger partial charge in [0.25, 0.3) is 0 Å². The number of allylic oxidation sites excluding steroid dienone is 1. The second-order valence-electron chi connectivity index (χ2n) is 7.74. The summed E-state index contributed by atoms with van der Waals surface area (Å²) < 4.78 is 29.6. The quantitative estimate of drug-likeness (QED) is 0.646. The Labute approximate surface area is 168 Å². The van der Waals surface area contributed by atoms with Crippen LogP contribution in [0.4, 0.5) is 0 Å². The molecule has 2 aromatic rings. The van der Waals surface area contributed by atoms with Crippen LogP contribution in [-0.2, 0) is 25.5 Å². The van der Waals surface area contributed by atoms with Crippen LogP contribution in [0.5, 0.6) is 0 Å². The molecule has 0 spiro atoms. The molecule has 0 fully saturated rings. The summed E-state index contributed by atoms with van der Waals surface area (Å²) in [5, 5.41) is 0.0657. The van der Waals surface area contributed by atoms with Crippen LogP contribution in [0.3, 0.4) is 0 Å². The van der Waals surface area contributed by atoms with E-state index < -0.39 is 18.2 Å². The first-order chi connectivity index (χ1) is 13.1. The van der Waals surface area contributed by atoms with Crippen LogP contribution in [0.1, 0.15) is 36.5 Å². The zero-order valence-corrected chi connectivity index (χ0v) is 18.6. The third kappa shape index (κ3) is 4.13. The van der Waals surface area contributed by atoms with Crippen molar-refractivity contribution < 1.29 is 17.6 Å². The number of benzene rings is 2. The first kappa shape index (κ1) is 20.5. The summed E-state index contributed by atoms with van der Waals surface area (Å²) in [5.41, 5.74) is 3.44. The fraction of sp³-hybridized carbons (Fsp3) is 0.318. The molecule has 0 unspecified atom stereocenters. The minimum Gasteiger partial charge on any atom is -0.535 e. The maximum Gasteiger partial charge on any atom is 0.320 e. The van der Waals surface area contributed by atoms with Crippen molar-refractivity contribution in [1.82, 2.24) is 0 Å². The Morgan fingerprint density at radius 2 is 1.50 bits per heavy atom. The molecule has 1 heterocycles. The summed E-state index contributed by atoms with van der Waals surface area (Å²) in [6, 6.07) is 14.7. The predicted octanol–water partition coefficient (Wildman–Crippen LogP) is 4.64. The Balaban J connectivity index is 2.04. The molecule has 0 saturated heterocycles. The van der Waals surface area contributed by atoms with Gasteiger partial charge in [0.2, 0.25) is 0 Å². The summed E-state index contributed by atoms with van der Waals surface area (Å²) in [4.78, 5) is 13.3. The molecule has 1 aliphatic rings. The van der Waals surface area contributed by atoms with Gasteiger partial charge in [0, 0.05) is 11.8 Å².